The SMILES string of the molecule is CC(CC#N)NC(=O)C(C)(Cl)Cl. The number of amides is 1. The number of nitriles is 1. The molecule has 0 bridgehead atoms. The summed E-state index contributed by atoms with van der Waals surface area (Å²) in [5.74, 6) is -0.478. The summed E-state index contributed by atoms with van der Waals surface area (Å²) in [5.41, 5.74) is 0. The number of alkyl halides is 2. The maximum atomic E-state index is 11.1. The summed E-state index contributed by atoms with van der Waals surface area (Å²) in [6, 6.07) is 1.70. The summed E-state index contributed by atoms with van der Waals surface area (Å²) in [7, 11) is 0. The van der Waals surface area contributed by atoms with Crippen LogP contribution in [0.2, 0.25) is 0 Å². The van der Waals surface area contributed by atoms with Gasteiger partial charge in [-0.15, -0.1) is 0 Å². The lowest BCUT2D eigenvalue weighted by molar-refractivity contribution is -0.122. The van der Waals surface area contributed by atoms with Gasteiger partial charge in [0.25, 0.3) is 5.91 Å². The van der Waals surface area contributed by atoms with Crippen molar-refractivity contribution >= 4 is 29.1 Å². The summed E-state index contributed by atoms with van der Waals surface area (Å²) in [5, 5.41) is 10.8. The van der Waals surface area contributed by atoms with Crippen LogP contribution in [0, 0.1) is 11.3 Å². The van der Waals surface area contributed by atoms with Crippen LogP contribution in [0.1, 0.15) is 20.3 Å². The molecule has 0 fully saturated rings. The molecule has 3 nitrogen and oxygen atoms in total. The third-order valence-electron chi connectivity index (χ3n) is 1.17. The van der Waals surface area contributed by atoms with Crippen molar-refractivity contribution in [1.29, 1.82) is 5.26 Å². The van der Waals surface area contributed by atoms with E-state index in [1.165, 1.54) is 6.92 Å². The van der Waals surface area contributed by atoms with Crippen molar-refractivity contribution in [1.82, 2.24) is 5.32 Å². The maximum absolute atomic E-state index is 11.1. The third kappa shape index (κ3) is 4.42. The molecule has 0 aromatic rings. The molecule has 0 saturated carbocycles. The smallest absolute Gasteiger partial charge is 0.256 e. The molecule has 0 spiro atoms. The number of carbonyl (C=O) groups excluding carboxylic acids is 1. The molecule has 0 radical (unpaired) electrons. The Kier molecular flexibility index (Phi) is 4.36. The van der Waals surface area contributed by atoms with Crippen LogP contribution in [0.5, 0.6) is 0 Å². The van der Waals surface area contributed by atoms with E-state index in [0.29, 0.717) is 0 Å². The average Bonchev–Trinajstić information content (AvgIpc) is 1.85. The Balaban J connectivity index is 3.95. The topological polar surface area (TPSA) is 52.9 Å². The predicted octanol–water partition coefficient (Wildman–Crippen LogP) is 1.60. The lowest BCUT2D eigenvalue weighted by atomic mass is 10.2. The largest absolute Gasteiger partial charge is 0.350 e. The van der Waals surface area contributed by atoms with Gasteiger partial charge in [0.2, 0.25) is 0 Å². The number of nitrogens with zero attached hydrogens (tertiary/aromatic N) is 1. The van der Waals surface area contributed by atoms with Gasteiger partial charge in [-0.05, 0) is 13.8 Å². The fraction of sp³-hybridized carbons (Fsp3) is 0.714. The molecule has 0 rings (SSSR count). The molecule has 0 saturated heterocycles. The molecule has 0 aromatic heterocycles. The summed E-state index contributed by atoms with van der Waals surface area (Å²) in [6.45, 7) is 3.09. The fourth-order valence-electron chi connectivity index (χ4n) is 0.538. The van der Waals surface area contributed by atoms with Crippen LogP contribution in [0.15, 0.2) is 0 Å². The van der Waals surface area contributed by atoms with Crippen LogP contribution in [-0.4, -0.2) is 16.3 Å². The Bertz CT molecular complexity index is 204. The van der Waals surface area contributed by atoms with Gasteiger partial charge in [0.15, 0.2) is 4.33 Å². The second-order valence-corrected chi connectivity index (χ2v) is 4.33. The Morgan fingerprint density at radius 2 is 2.25 bits per heavy atom. The highest BCUT2D eigenvalue weighted by atomic mass is 35.5. The van der Waals surface area contributed by atoms with Crippen molar-refractivity contribution in [3.05, 3.63) is 0 Å². The summed E-state index contributed by atoms with van der Waals surface area (Å²) < 4.78 is -1.43. The second-order valence-electron chi connectivity index (χ2n) is 2.63. The standard InChI is InChI=1S/C7H10Cl2N2O/c1-5(3-4-10)11-6(12)7(2,8)9/h5H,3H2,1-2H3,(H,11,12). The molecule has 5 heteroatoms. The van der Waals surface area contributed by atoms with Gasteiger partial charge in [-0.3, -0.25) is 4.79 Å². The molecule has 1 unspecified atom stereocenters. The first-order chi connectivity index (χ1) is 5.38. The monoisotopic (exact) mass is 208 g/mol. The van der Waals surface area contributed by atoms with Crippen LogP contribution >= 0.6 is 23.2 Å². The molecule has 0 aliphatic heterocycles. The summed E-state index contributed by atoms with van der Waals surface area (Å²) in [4.78, 5) is 11.1. The number of hydrogen-bond donors (Lipinski definition) is 1. The average molecular weight is 209 g/mol. The van der Waals surface area contributed by atoms with E-state index in [2.05, 4.69) is 5.32 Å². The molecular formula is C7H10Cl2N2O. The van der Waals surface area contributed by atoms with Crippen LogP contribution in [0.3, 0.4) is 0 Å². The lowest BCUT2D eigenvalue weighted by Gasteiger charge is -2.16. The van der Waals surface area contributed by atoms with E-state index in [-0.39, 0.29) is 12.5 Å². The van der Waals surface area contributed by atoms with Crippen LogP contribution in [-0.2, 0) is 4.79 Å². The molecule has 0 heterocycles. The van der Waals surface area contributed by atoms with E-state index >= 15 is 0 Å². The minimum absolute atomic E-state index is 0.223. The number of hydrogen-bond acceptors (Lipinski definition) is 2. The number of halogens is 2. The van der Waals surface area contributed by atoms with Crippen molar-refractivity contribution in [2.45, 2.75) is 30.6 Å². The first kappa shape index (κ1) is 11.5. The fourth-order valence-corrected chi connectivity index (χ4v) is 0.648. The van der Waals surface area contributed by atoms with Gasteiger partial charge in [-0.1, -0.05) is 23.2 Å². The highest BCUT2D eigenvalue weighted by Gasteiger charge is 2.27. The van der Waals surface area contributed by atoms with Crippen molar-refractivity contribution in [3.8, 4) is 6.07 Å². The number of rotatable bonds is 3. The van der Waals surface area contributed by atoms with Gasteiger partial charge in [-0.25, -0.2) is 0 Å². The molecule has 68 valence electrons. The second kappa shape index (κ2) is 4.54. The van der Waals surface area contributed by atoms with Gasteiger partial charge in [0, 0.05) is 6.04 Å². The zero-order chi connectivity index (χ0) is 9.78. The van der Waals surface area contributed by atoms with Gasteiger partial charge < -0.3 is 5.32 Å². The van der Waals surface area contributed by atoms with E-state index in [4.69, 9.17) is 28.5 Å². The van der Waals surface area contributed by atoms with Crippen molar-refractivity contribution in [2.75, 3.05) is 0 Å². The quantitative estimate of drug-likeness (QED) is 0.717. The Morgan fingerprint density at radius 3 is 2.58 bits per heavy atom. The zero-order valence-corrected chi connectivity index (χ0v) is 8.41. The first-order valence-corrected chi connectivity index (χ1v) is 4.19. The Hall–Kier alpha value is -0.460. The van der Waals surface area contributed by atoms with E-state index in [1.807, 2.05) is 6.07 Å². The van der Waals surface area contributed by atoms with E-state index < -0.39 is 10.2 Å². The predicted molar refractivity (Wildman–Crippen MR) is 47.9 cm³/mol. The van der Waals surface area contributed by atoms with Crippen molar-refractivity contribution < 1.29 is 4.79 Å². The zero-order valence-electron chi connectivity index (χ0n) is 6.90. The molecule has 1 N–H and O–H groups in total. The van der Waals surface area contributed by atoms with E-state index in [0.717, 1.165) is 0 Å². The Morgan fingerprint density at radius 1 is 1.75 bits per heavy atom. The minimum atomic E-state index is -1.43. The normalized spacial score (nSPS) is 13.2. The van der Waals surface area contributed by atoms with Gasteiger partial charge in [0.05, 0.1) is 12.5 Å². The van der Waals surface area contributed by atoms with Crippen molar-refractivity contribution in [2.24, 2.45) is 0 Å². The number of carbonyl (C=O) groups is 1. The van der Waals surface area contributed by atoms with Gasteiger partial charge in [-0.2, -0.15) is 5.26 Å². The molecule has 0 aliphatic rings. The van der Waals surface area contributed by atoms with E-state index in [9.17, 15) is 4.79 Å². The summed E-state index contributed by atoms with van der Waals surface area (Å²) in [6.07, 6.45) is 0.246. The highest BCUT2D eigenvalue weighted by molar-refractivity contribution is 6.57. The van der Waals surface area contributed by atoms with Crippen molar-refractivity contribution in [3.63, 3.8) is 0 Å². The van der Waals surface area contributed by atoms with Gasteiger partial charge in [0.1, 0.15) is 0 Å². The number of nitrogens with one attached hydrogen (secondary N) is 1. The van der Waals surface area contributed by atoms with Crippen LogP contribution in [0.25, 0.3) is 0 Å². The lowest BCUT2D eigenvalue weighted by Crippen LogP contribution is -2.41. The van der Waals surface area contributed by atoms with Crippen LogP contribution < -0.4 is 5.32 Å². The molecule has 12 heavy (non-hydrogen) atoms. The molecule has 0 aromatic carbocycles. The highest BCUT2D eigenvalue weighted by Crippen LogP contribution is 2.19. The molecule has 1 amide bonds. The minimum Gasteiger partial charge on any atom is -0.350 e. The molecule has 0 aliphatic carbocycles. The molecule has 1 atom stereocenters. The maximum Gasteiger partial charge on any atom is 0.256 e. The third-order valence-corrected chi connectivity index (χ3v) is 1.52. The van der Waals surface area contributed by atoms with Gasteiger partial charge >= 0.3 is 0 Å². The van der Waals surface area contributed by atoms with Crippen LogP contribution in [0.4, 0.5) is 0 Å². The molecular weight excluding hydrogens is 199 g/mol. The summed E-state index contributed by atoms with van der Waals surface area (Å²) >= 11 is 11.0. The van der Waals surface area contributed by atoms with E-state index in [1.54, 1.807) is 6.92 Å². The first-order valence-electron chi connectivity index (χ1n) is 3.43. The Labute approximate surface area is 81.6 Å².